The predicted octanol–water partition coefficient (Wildman–Crippen LogP) is 1.62. The normalized spacial score (nSPS) is 20.0. The highest BCUT2D eigenvalue weighted by Crippen LogP contribution is 2.15. The van der Waals surface area contributed by atoms with E-state index in [1.807, 2.05) is 18.2 Å². The summed E-state index contributed by atoms with van der Waals surface area (Å²) in [6.45, 7) is 1.47. The van der Waals surface area contributed by atoms with E-state index in [1.165, 1.54) is 0 Å². The lowest BCUT2D eigenvalue weighted by Gasteiger charge is -2.32. The van der Waals surface area contributed by atoms with Gasteiger partial charge in [0.25, 0.3) is 5.91 Å². The molecule has 1 amide bonds. The third-order valence-corrected chi connectivity index (χ3v) is 4.06. The van der Waals surface area contributed by atoms with Crippen molar-refractivity contribution < 1.29 is 14.3 Å². The first kappa shape index (κ1) is 17.3. The smallest absolute Gasteiger partial charge is 0.251 e. The molecule has 132 valence electrons. The maximum atomic E-state index is 12.5. The van der Waals surface area contributed by atoms with Gasteiger partial charge in [0.2, 0.25) is 0 Å². The molecule has 1 aliphatic heterocycles. The summed E-state index contributed by atoms with van der Waals surface area (Å²) in [7, 11) is 1.76. The molecule has 1 fully saturated rings. The van der Waals surface area contributed by atoms with E-state index in [2.05, 4.69) is 20.6 Å². The van der Waals surface area contributed by atoms with Crippen LogP contribution in [0, 0.1) is 0 Å². The van der Waals surface area contributed by atoms with Gasteiger partial charge in [0.05, 0.1) is 31.1 Å². The minimum absolute atomic E-state index is 0.106. The Morgan fingerprint density at radius 3 is 3.04 bits per heavy atom. The van der Waals surface area contributed by atoms with Crippen molar-refractivity contribution in [2.75, 3.05) is 25.6 Å². The molecule has 7 nitrogen and oxygen atoms in total. The van der Waals surface area contributed by atoms with Crippen molar-refractivity contribution in [3.63, 3.8) is 0 Å². The highest BCUT2D eigenvalue weighted by Gasteiger charge is 2.28. The van der Waals surface area contributed by atoms with Crippen LogP contribution in [0.2, 0.25) is 0 Å². The molecule has 7 heteroatoms. The van der Waals surface area contributed by atoms with Crippen LogP contribution >= 0.6 is 0 Å². The molecule has 0 aromatic carbocycles. The topological polar surface area (TPSA) is 85.4 Å². The number of nitrogens with one attached hydrogen (secondary N) is 2. The molecule has 0 bridgehead atoms. The van der Waals surface area contributed by atoms with Crippen LogP contribution in [0.5, 0.6) is 0 Å². The zero-order valence-electron chi connectivity index (χ0n) is 14.1. The van der Waals surface area contributed by atoms with Crippen molar-refractivity contribution in [3.8, 4) is 0 Å². The second-order valence-corrected chi connectivity index (χ2v) is 5.79. The molecule has 3 heterocycles. The molecule has 25 heavy (non-hydrogen) atoms. The summed E-state index contributed by atoms with van der Waals surface area (Å²) in [6.07, 6.45) is 3.97. The van der Waals surface area contributed by atoms with Gasteiger partial charge in [-0.05, 0) is 30.7 Å². The maximum Gasteiger partial charge on any atom is 0.251 e. The van der Waals surface area contributed by atoms with Crippen LogP contribution in [0.3, 0.4) is 0 Å². The largest absolute Gasteiger partial charge is 0.379 e. The molecule has 0 saturated carbocycles. The van der Waals surface area contributed by atoms with Gasteiger partial charge in [0, 0.05) is 31.6 Å². The van der Waals surface area contributed by atoms with E-state index in [4.69, 9.17) is 9.47 Å². The summed E-state index contributed by atoms with van der Waals surface area (Å²) < 4.78 is 11.5. The highest BCUT2D eigenvalue weighted by atomic mass is 16.5. The Kier molecular flexibility index (Phi) is 5.92. The minimum Gasteiger partial charge on any atom is -0.379 e. The van der Waals surface area contributed by atoms with Crippen LogP contribution in [0.15, 0.2) is 42.7 Å². The summed E-state index contributed by atoms with van der Waals surface area (Å²) in [6, 6.07) is 8.92. The number of amides is 1. The zero-order chi connectivity index (χ0) is 17.5. The van der Waals surface area contributed by atoms with Crippen LogP contribution in [0.4, 0.5) is 5.82 Å². The van der Waals surface area contributed by atoms with E-state index >= 15 is 0 Å². The van der Waals surface area contributed by atoms with Gasteiger partial charge >= 0.3 is 0 Å². The number of nitrogens with zero attached hydrogens (tertiary/aromatic N) is 2. The summed E-state index contributed by atoms with van der Waals surface area (Å²) in [5.41, 5.74) is 1.42. The molecule has 2 aromatic rings. The van der Waals surface area contributed by atoms with E-state index in [1.54, 1.807) is 31.6 Å². The molecule has 0 unspecified atom stereocenters. The number of aromatic nitrogens is 2. The van der Waals surface area contributed by atoms with Crippen molar-refractivity contribution >= 4 is 11.7 Å². The summed E-state index contributed by atoms with van der Waals surface area (Å²) in [4.78, 5) is 20.9. The molecule has 1 saturated heterocycles. The minimum atomic E-state index is -0.198. The van der Waals surface area contributed by atoms with Crippen molar-refractivity contribution in [2.45, 2.75) is 25.2 Å². The number of hydrogen-bond acceptors (Lipinski definition) is 6. The van der Waals surface area contributed by atoms with Gasteiger partial charge in [-0.15, -0.1) is 0 Å². The summed E-state index contributed by atoms with van der Waals surface area (Å²) in [5, 5.41) is 5.93. The zero-order valence-corrected chi connectivity index (χ0v) is 14.1. The van der Waals surface area contributed by atoms with Gasteiger partial charge in [-0.1, -0.05) is 6.07 Å². The van der Waals surface area contributed by atoms with E-state index in [-0.39, 0.29) is 18.1 Å². The van der Waals surface area contributed by atoms with E-state index < -0.39 is 0 Å². The third-order valence-electron chi connectivity index (χ3n) is 4.06. The lowest BCUT2D eigenvalue weighted by atomic mass is 10.1. The van der Waals surface area contributed by atoms with Gasteiger partial charge in [-0.2, -0.15) is 0 Å². The Balaban J connectivity index is 1.61. The van der Waals surface area contributed by atoms with Crippen molar-refractivity contribution in [2.24, 2.45) is 0 Å². The second kappa shape index (κ2) is 8.55. The summed E-state index contributed by atoms with van der Waals surface area (Å²) in [5.74, 6) is 0.483. The lowest BCUT2D eigenvalue weighted by molar-refractivity contribution is -0.0612. The Morgan fingerprint density at radius 2 is 2.24 bits per heavy atom. The fourth-order valence-corrected chi connectivity index (χ4v) is 2.69. The van der Waals surface area contributed by atoms with Crippen LogP contribution < -0.4 is 10.6 Å². The fourth-order valence-electron chi connectivity index (χ4n) is 2.69. The number of carbonyl (C=O) groups excluding carboxylic acids is 1. The van der Waals surface area contributed by atoms with Gasteiger partial charge in [0.1, 0.15) is 5.82 Å². The molecule has 2 atom stereocenters. The van der Waals surface area contributed by atoms with Gasteiger partial charge in [0.15, 0.2) is 0 Å². The maximum absolute atomic E-state index is 12.5. The Bertz CT molecular complexity index is 696. The first-order valence-electron chi connectivity index (χ1n) is 8.30. The first-order chi connectivity index (χ1) is 12.3. The van der Waals surface area contributed by atoms with Crippen LogP contribution in [-0.4, -0.2) is 48.3 Å². The molecule has 2 aromatic heterocycles. The monoisotopic (exact) mass is 342 g/mol. The number of ether oxygens (including phenoxy) is 2. The molecule has 0 aliphatic carbocycles. The van der Waals surface area contributed by atoms with Crippen molar-refractivity contribution in [1.82, 2.24) is 15.3 Å². The standard InChI is InChI=1S/C18H22N4O3/c1-19-17-10-13(5-8-21-17)18(23)22-15-12-24-9-6-16(15)25-11-14-4-2-3-7-20-14/h2-5,7-8,10,15-16H,6,9,11-12H2,1H3,(H,19,21)(H,22,23)/t15-,16-/m1/s1. The number of anilines is 1. The molecule has 1 aliphatic rings. The average Bonchev–Trinajstić information content (AvgIpc) is 2.68. The van der Waals surface area contributed by atoms with Gasteiger partial charge in [-0.25, -0.2) is 4.98 Å². The molecular weight excluding hydrogens is 320 g/mol. The predicted molar refractivity (Wildman–Crippen MR) is 93.3 cm³/mol. The van der Waals surface area contributed by atoms with Crippen molar-refractivity contribution in [3.05, 3.63) is 54.0 Å². The number of hydrogen-bond donors (Lipinski definition) is 2. The van der Waals surface area contributed by atoms with E-state index in [0.29, 0.717) is 31.2 Å². The van der Waals surface area contributed by atoms with E-state index in [9.17, 15) is 4.79 Å². The Morgan fingerprint density at radius 1 is 1.32 bits per heavy atom. The van der Waals surface area contributed by atoms with Crippen LogP contribution in [0.25, 0.3) is 0 Å². The SMILES string of the molecule is CNc1cc(C(=O)N[C@@H]2COCC[C@H]2OCc2ccccn2)ccn1. The Hall–Kier alpha value is -2.51. The third kappa shape index (κ3) is 4.74. The van der Waals surface area contributed by atoms with Crippen LogP contribution in [0.1, 0.15) is 22.5 Å². The van der Waals surface area contributed by atoms with Crippen LogP contribution in [-0.2, 0) is 16.1 Å². The van der Waals surface area contributed by atoms with Crippen molar-refractivity contribution in [1.29, 1.82) is 0 Å². The molecular formula is C18H22N4O3. The Labute approximate surface area is 146 Å². The molecule has 2 N–H and O–H groups in total. The number of rotatable bonds is 6. The quantitative estimate of drug-likeness (QED) is 0.830. The van der Waals surface area contributed by atoms with E-state index in [0.717, 1.165) is 12.1 Å². The average molecular weight is 342 g/mol. The van der Waals surface area contributed by atoms with Gasteiger partial charge in [-0.3, -0.25) is 9.78 Å². The number of carbonyl (C=O) groups is 1. The van der Waals surface area contributed by atoms with Gasteiger partial charge < -0.3 is 20.1 Å². The highest BCUT2D eigenvalue weighted by molar-refractivity contribution is 5.95. The fraction of sp³-hybridized carbons (Fsp3) is 0.389. The lowest BCUT2D eigenvalue weighted by Crippen LogP contribution is -2.50. The first-order valence-corrected chi connectivity index (χ1v) is 8.30. The molecule has 0 spiro atoms. The molecule has 3 rings (SSSR count). The second-order valence-electron chi connectivity index (χ2n) is 5.79. The molecule has 0 radical (unpaired) electrons. The number of pyridine rings is 2. The summed E-state index contributed by atoms with van der Waals surface area (Å²) >= 11 is 0.